The van der Waals surface area contributed by atoms with Gasteiger partial charge in [0, 0.05) is 18.2 Å². The molecule has 2 atom stereocenters. The quantitative estimate of drug-likeness (QED) is 0.828. The van der Waals surface area contributed by atoms with Crippen molar-refractivity contribution in [1.82, 2.24) is 4.90 Å². The van der Waals surface area contributed by atoms with Crippen LogP contribution in [0, 0.1) is 11.8 Å². The molecule has 6 nitrogen and oxygen atoms in total. The van der Waals surface area contributed by atoms with Crippen LogP contribution in [0.3, 0.4) is 0 Å². The second kappa shape index (κ2) is 6.71. The molecule has 1 aromatic rings. The molecule has 24 heavy (non-hydrogen) atoms. The first-order chi connectivity index (χ1) is 11.5. The van der Waals surface area contributed by atoms with Crippen LogP contribution < -0.4 is 9.47 Å². The summed E-state index contributed by atoms with van der Waals surface area (Å²) >= 11 is 0. The fourth-order valence-corrected chi connectivity index (χ4v) is 3.27. The van der Waals surface area contributed by atoms with Crippen LogP contribution in [0.5, 0.6) is 11.5 Å². The maximum Gasteiger partial charge on any atom is 0.307 e. The number of amides is 1. The van der Waals surface area contributed by atoms with Crippen molar-refractivity contribution >= 4 is 11.9 Å². The zero-order valence-electron chi connectivity index (χ0n) is 14.0. The van der Waals surface area contributed by atoms with Gasteiger partial charge in [-0.25, -0.2) is 0 Å². The number of hydrogen-bond acceptors (Lipinski definition) is 4. The summed E-state index contributed by atoms with van der Waals surface area (Å²) in [6, 6.07) is 5.73. The normalized spacial score (nSPS) is 22.4. The number of carbonyl (C=O) groups excluding carboxylic acids is 1. The molecule has 0 aromatic heterocycles. The van der Waals surface area contributed by atoms with Crippen LogP contribution in [0.15, 0.2) is 18.2 Å². The predicted octanol–water partition coefficient (Wildman–Crippen LogP) is 2.31. The molecular weight excluding hydrogens is 310 g/mol. The number of hydrogen-bond donors (Lipinski definition) is 1. The number of rotatable bonds is 7. The Balaban J connectivity index is 1.80. The summed E-state index contributed by atoms with van der Waals surface area (Å²) in [4.78, 5) is 25.9. The van der Waals surface area contributed by atoms with Crippen molar-refractivity contribution < 1.29 is 24.2 Å². The molecule has 2 unspecified atom stereocenters. The van der Waals surface area contributed by atoms with E-state index in [9.17, 15) is 14.7 Å². The van der Waals surface area contributed by atoms with Gasteiger partial charge >= 0.3 is 5.97 Å². The zero-order chi connectivity index (χ0) is 17.3. The number of nitrogens with zero attached hydrogens (tertiary/aromatic N) is 1. The SMILES string of the molecule is COc1ccc(OC)c(CN(C(=O)C2CCC2C(=O)O)C2CC2)c1. The van der Waals surface area contributed by atoms with E-state index in [1.165, 1.54) is 0 Å². The smallest absolute Gasteiger partial charge is 0.307 e. The molecule has 1 N–H and O–H groups in total. The van der Waals surface area contributed by atoms with Crippen molar-refractivity contribution in [2.45, 2.75) is 38.3 Å². The minimum Gasteiger partial charge on any atom is -0.497 e. The molecule has 130 valence electrons. The largest absolute Gasteiger partial charge is 0.497 e. The van der Waals surface area contributed by atoms with Crippen LogP contribution in [0.2, 0.25) is 0 Å². The lowest BCUT2D eigenvalue weighted by Gasteiger charge is -2.36. The molecule has 1 aromatic carbocycles. The summed E-state index contributed by atoms with van der Waals surface area (Å²) in [6.07, 6.45) is 3.20. The molecule has 2 fully saturated rings. The molecule has 2 saturated carbocycles. The Morgan fingerprint density at radius 1 is 1.12 bits per heavy atom. The van der Waals surface area contributed by atoms with Gasteiger partial charge in [0.05, 0.1) is 26.1 Å². The van der Waals surface area contributed by atoms with Gasteiger partial charge in [-0.3, -0.25) is 9.59 Å². The summed E-state index contributed by atoms with van der Waals surface area (Å²) in [5.41, 5.74) is 0.878. The standard InChI is InChI=1S/C18H23NO5/c1-23-13-5-8-16(24-2)11(9-13)10-19(12-3-4-12)17(20)14-6-7-15(14)18(21)22/h5,8-9,12,14-15H,3-4,6-7,10H2,1-2H3,(H,21,22). The van der Waals surface area contributed by atoms with Gasteiger partial charge < -0.3 is 19.5 Å². The predicted molar refractivity (Wildman–Crippen MR) is 87.0 cm³/mol. The Kier molecular flexibility index (Phi) is 4.64. The Hall–Kier alpha value is -2.24. The highest BCUT2D eigenvalue weighted by atomic mass is 16.5. The van der Waals surface area contributed by atoms with Crippen LogP contribution in [0.1, 0.15) is 31.2 Å². The third kappa shape index (κ3) is 3.18. The Bertz CT molecular complexity index is 640. The van der Waals surface area contributed by atoms with Gasteiger partial charge in [0.1, 0.15) is 11.5 Å². The van der Waals surface area contributed by atoms with E-state index in [0.717, 1.165) is 18.4 Å². The van der Waals surface area contributed by atoms with Gasteiger partial charge in [-0.05, 0) is 43.9 Å². The van der Waals surface area contributed by atoms with Gasteiger partial charge in [-0.15, -0.1) is 0 Å². The lowest BCUT2D eigenvalue weighted by molar-refractivity contribution is -0.157. The molecule has 0 spiro atoms. The van der Waals surface area contributed by atoms with E-state index in [1.807, 2.05) is 23.1 Å². The van der Waals surface area contributed by atoms with Gasteiger partial charge in [0.15, 0.2) is 0 Å². The Morgan fingerprint density at radius 2 is 1.83 bits per heavy atom. The first kappa shape index (κ1) is 16.6. The lowest BCUT2D eigenvalue weighted by Crippen LogP contribution is -2.46. The number of benzene rings is 1. The van der Waals surface area contributed by atoms with E-state index in [2.05, 4.69) is 0 Å². The van der Waals surface area contributed by atoms with E-state index in [0.29, 0.717) is 30.9 Å². The summed E-state index contributed by atoms with van der Waals surface area (Å²) in [6.45, 7) is 0.423. The van der Waals surface area contributed by atoms with Crippen LogP contribution >= 0.6 is 0 Å². The molecule has 6 heteroatoms. The van der Waals surface area contributed by atoms with Gasteiger partial charge in [-0.1, -0.05) is 0 Å². The van der Waals surface area contributed by atoms with E-state index in [-0.39, 0.29) is 17.9 Å². The molecule has 0 aliphatic heterocycles. The molecule has 1 amide bonds. The number of ether oxygens (including phenoxy) is 2. The van der Waals surface area contributed by atoms with Crippen LogP contribution in [-0.2, 0) is 16.1 Å². The second-order valence-corrected chi connectivity index (χ2v) is 6.50. The minimum atomic E-state index is -0.866. The van der Waals surface area contributed by atoms with Crippen molar-refractivity contribution in [1.29, 1.82) is 0 Å². The van der Waals surface area contributed by atoms with Crippen LogP contribution in [0.25, 0.3) is 0 Å². The molecule has 0 heterocycles. The summed E-state index contributed by atoms with van der Waals surface area (Å²) in [5.74, 6) is -0.417. The fraction of sp³-hybridized carbons (Fsp3) is 0.556. The molecule has 2 aliphatic carbocycles. The number of carbonyl (C=O) groups is 2. The van der Waals surface area contributed by atoms with Crippen LogP contribution in [-0.4, -0.2) is 42.1 Å². The average molecular weight is 333 g/mol. The molecular formula is C18H23NO5. The molecule has 0 bridgehead atoms. The molecule has 2 aliphatic rings. The number of carboxylic acids is 1. The number of methoxy groups -OCH3 is 2. The van der Waals surface area contributed by atoms with E-state index >= 15 is 0 Å². The van der Waals surface area contributed by atoms with E-state index in [1.54, 1.807) is 14.2 Å². The van der Waals surface area contributed by atoms with Crippen LogP contribution in [0.4, 0.5) is 0 Å². The molecule has 0 saturated heterocycles. The number of aliphatic carboxylic acids is 1. The maximum atomic E-state index is 12.9. The summed E-state index contributed by atoms with van der Waals surface area (Å²) in [7, 11) is 3.20. The second-order valence-electron chi connectivity index (χ2n) is 6.50. The Labute approximate surface area is 141 Å². The lowest BCUT2D eigenvalue weighted by atomic mass is 9.73. The van der Waals surface area contributed by atoms with Gasteiger partial charge in [-0.2, -0.15) is 0 Å². The maximum absolute atomic E-state index is 12.9. The van der Waals surface area contributed by atoms with Crippen molar-refractivity contribution in [3.63, 3.8) is 0 Å². The van der Waals surface area contributed by atoms with Gasteiger partial charge in [0.25, 0.3) is 0 Å². The summed E-state index contributed by atoms with van der Waals surface area (Å²) < 4.78 is 10.7. The van der Waals surface area contributed by atoms with Crippen molar-refractivity contribution in [3.8, 4) is 11.5 Å². The van der Waals surface area contributed by atoms with Crippen molar-refractivity contribution in [3.05, 3.63) is 23.8 Å². The third-order valence-corrected chi connectivity index (χ3v) is 5.01. The minimum absolute atomic E-state index is 0.0407. The molecule has 0 radical (unpaired) electrons. The third-order valence-electron chi connectivity index (χ3n) is 5.01. The first-order valence-electron chi connectivity index (χ1n) is 8.29. The average Bonchev–Trinajstić information content (AvgIpc) is 3.35. The zero-order valence-corrected chi connectivity index (χ0v) is 14.0. The highest BCUT2D eigenvalue weighted by molar-refractivity contribution is 5.86. The Morgan fingerprint density at radius 3 is 2.33 bits per heavy atom. The number of carboxylic acid groups (broad SMARTS) is 1. The fourth-order valence-electron chi connectivity index (χ4n) is 3.27. The highest BCUT2D eigenvalue weighted by Crippen LogP contribution is 2.40. The van der Waals surface area contributed by atoms with Crippen molar-refractivity contribution in [2.24, 2.45) is 11.8 Å². The molecule has 3 rings (SSSR count). The first-order valence-corrected chi connectivity index (χ1v) is 8.29. The van der Waals surface area contributed by atoms with Crippen molar-refractivity contribution in [2.75, 3.05) is 14.2 Å². The monoisotopic (exact) mass is 333 g/mol. The van der Waals surface area contributed by atoms with Gasteiger partial charge in [0.2, 0.25) is 5.91 Å². The topological polar surface area (TPSA) is 76.1 Å². The van der Waals surface area contributed by atoms with E-state index in [4.69, 9.17) is 9.47 Å². The highest BCUT2D eigenvalue weighted by Gasteiger charge is 2.46. The summed E-state index contributed by atoms with van der Waals surface area (Å²) in [5, 5.41) is 9.22. The van der Waals surface area contributed by atoms with E-state index < -0.39 is 11.9 Å².